The Morgan fingerprint density at radius 3 is 2.85 bits per heavy atom. The minimum Gasteiger partial charge on any atom is -0.393 e. The van der Waals surface area contributed by atoms with E-state index in [0.717, 1.165) is 18.9 Å². The summed E-state index contributed by atoms with van der Waals surface area (Å²) in [5, 5.41) is 9.05. The highest BCUT2D eigenvalue weighted by molar-refractivity contribution is 4.70. The summed E-state index contributed by atoms with van der Waals surface area (Å²) < 4.78 is 5.70. The van der Waals surface area contributed by atoms with Crippen LogP contribution in [0.2, 0.25) is 0 Å². The van der Waals surface area contributed by atoms with E-state index < -0.39 is 0 Å². The number of hydrogen-bond donors (Lipinski definition) is 1. The molecule has 1 aliphatic rings. The Bertz CT molecular complexity index is 134. The maximum atomic E-state index is 9.05. The Hall–Kier alpha value is -0.0800. The minimum absolute atomic E-state index is 0.221. The van der Waals surface area contributed by atoms with E-state index in [0.29, 0.717) is 6.10 Å². The van der Waals surface area contributed by atoms with Gasteiger partial charge in [-0.05, 0) is 32.1 Å². The molecule has 1 aliphatic carbocycles. The van der Waals surface area contributed by atoms with Gasteiger partial charge in [0.15, 0.2) is 0 Å². The molecule has 0 heterocycles. The molecule has 0 amide bonds. The quantitative estimate of drug-likeness (QED) is 0.730. The lowest BCUT2D eigenvalue weighted by molar-refractivity contribution is 0.00139. The number of hydrogen-bond acceptors (Lipinski definition) is 2. The van der Waals surface area contributed by atoms with Crippen molar-refractivity contribution in [2.24, 2.45) is 5.92 Å². The molecule has 78 valence electrons. The van der Waals surface area contributed by atoms with Gasteiger partial charge in [-0.3, -0.25) is 0 Å². The molecule has 0 bridgehead atoms. The molecular weight excluding hydrogens is 164 g/mol. The zero-order valence-electron chi connectivity index (χ0n) is 8.83. The average molecular weight is 186 g/mol. The van der Waals surface area contributed by atoms with Gasteiger partial charge in [0.1, 0.15) is 0 Å². The highest BCUT2D eigenvalue weighted by atomic mass is 16.5. The molecule has 0 aliphatic heterocycles. The zero-order chi connectivity index (χ0) is 9.68. The van der Waals surface area contributed by atoms with Crippen LogP contribution >= 0.6 is 0 Å². The van der Waals surface area contributed by atoms with E-state index in [1.807, 2.05) is 6.92 Å². The lowest BCUT2D eigenvalue weighted by Gasteiger charge is -2.26. The number of aliphatic hydroxyl groups is 1. The van der Waals surface area contributed by atoms with Crippen LogP contribution in [0.5, 0.6) is 0 Å². The van der Waals surface area contributed by atoms with E-state index in [1.165, 1.54) is 25.7 Å². The van der Waals surface area contributed by atoms with Gasteiger partial charge in [-0.2, -0.15) is 0 Å². The third-order valence-corrected chi connectivity index (χ3v) is 2.78. The SMILES string of the molecule is CC(O)CCOC1CCCC(C)C1. The molecule has 1 saturated carbocycles. The molecule has 3 unspecified atom stereocenters. The zero-order valence-corrected chi connectivity index (χ0v) is 8.83. The van der Waals surface area contributed by atoms with Crippen molar-refractivity contribution in [1.82, 2.24) is 0 Å². The van der Waals surface area contributed by atoms with Crippen molar-refractivity contribution in [3.8, 4) is 0 Å². The topological polar surface area (TPSA) is 29.5 Å². The van der Waals surface area contributed by atoms with Crippen molar-refractivity contribution in [2.75, 3.05) is 6.61 Å². The number of rotatable bonds is 4. The van der Waals surface area contributed by atoms with E-state index in [-0.39, 0.29) is 6.10 Å². The molecule has 2 heteroatoms. The average Bonchev–Trinajstić information content (AvgIpc) is 2.03. The second-order valence-corrected chi connectivity index (χ2v) is 4.40. The summed E-state index contributed by atoms with van der Waals surface area (Å²) in [4.78, 5) is 0. The second kappa shape index (κ2) is 5.61. The van der Waals surface area contributed by atoms with Gasteiger partial charge in [-0.1, -0.05) is 19.8 Å². The predicted molar refractivity (Wildman–Crippen MR) is 53.7 cm³/mol. The smallest absolute Gasteiger partial charge is 0.0577 e. The van der Waals surface area contributed by atoms with Crippen LogP contribution in [0.4, 0.5) is 0 Å². The first-order valence-corrected chi connectivity index (χ1v) is 5.48. The molecule has 1 N–H and O–H groups in total. The second-order valence-electron chi connectivity index (χ2n) is 4.40. The van der Waals surface area contributed by atoms with Gasteiger partial charge in [0, 0.05) is 6.61 Å². The van der Waals surface area contributed by atoms with E-state index >= 15 is 0 Å². The van der Waals surface area contributed by atoms with Gasteiger partial charge in [0.25, 0.3) is 0 Å². The molecule has 2 nitrogen and oxygen atoms in total. The summed E-state index contributed by atoms with van der Waals surface area (Å²) in [5.41, 5.74) is 0. The van der Waals surface area contributed by atoms with Crippen molar-refractivity contribution < 1.29 is 9.84 Å². The Kier molecular flexibility index (Phi) is 4.74. The molecule has 0 aromatic heterocycles. The number of aliphatic hydroxyl groups excluding tert-OH is 1. The first-order chi connectivity index (χ1) is 6.18. The Morgan fingerprint density at radius 2 is 2.23 bits per heavy atom. The molecule has 0 spiro atoms. The van der Waals surface area contributed by atoms with Crippen LogP contribution in [-0.2, 0) is 4.74 Å². The standard InChI is InChI=1S/C11H22O2/c1-9-4-3-5-11(8-9)13-7-6-10(2)12/h9-12H,3-8H2,1-2H3. The summed E-state index contributed by atoms with van der Waals surface area (Å²) >= 11 is 0. The third-order valence-electron chi connectivity index (χ3n) is 2.78. The van der Waals surface area contributed by atoms with E-state index in [2.05, 4.69) is 6.92 Å². The van der Waals surface area contributed by atoms with Crippen molar-refractivity contribution >= 4 is 0 Å². The van der Waals surface area contributed by atoms with E-state index in [9.17, 15) is 0 Å². The lowest BCUT2D eigenvalue weighted by Crippen LogP contribution is -2.22. The van der Waals surface area contributed by atoms with Crippen molar-refractivity contribution in [3.63, 3.8) is 0 Å². The van der Waals surface area contributed by atoms with Crippen LogP contribution in [0.3, 0.4) is 0 Å². The summed E-state index contributed by atoms with van der Waals surface area (Å²) in [7, 11) is 0. The first kappa shape index (κ1) is 11.0. The molecule has 1 fully saturated rings. The molecular formula is C11H22O2. The van der Waals surface area contributed by atoms with Crippen LogP contribution in [-0.4, -0.2) is 23.9 Å². The minimum atomic E-state index is -0.221. The molecule has 3 atom stereocenters. The van der Waals surface area contributed by atoms with Crippen LogP contribution in [0.15, 0.2) is 0 Å². The van der Waals surface area contributed by atoms with Gasteiger partial charge in [0.05, 0.1) is 12.2 Å². The summed E-state index contributed by atoms with van der Waals surface area (Å²) in [6.07, 6.45) is 6.09. The van der Waals surface area contributed by atoms with Crippen LogP contribution < -0.4 is 0 Å². The molecule has 0 radical (unpaired) electrons. The summed E-state index contributed by atoms with van der Waals surface area (Å²) in [6.45, 7) is 4.83. The van der Waals surface area contributed by atoms with Crippen LogP contribution in [0.1, 0.15) is 46.0 Å². The monoisotopic (exact) mass is 186 g/mol. The fourth-order valence-electron chi connectivity index (χ4n) is 1.94. The molecule has 0 aromatic carbocycles. The van der Waals surface area contributed by atoms with Gasteiger partial charge in [-0.15, -0.1) is 0 Å². The molecule has 1 rings (SSSR count). The third kappa shape index (κ3) is 4.63. The highest BCUT2D eigenvalue weighted by Gasteiger charge is 2.18. The summed E-state index contributed by atoms with van der Waals surface area (Å²) in [6, 6.07) is 0. The van der Waals surface area contributed by atoms with Gasteiger partial charge < -0.3 is 9.84 Å². The van der Waals surface area contributed by atoms with Crippen molar-refractivity contribution in [1.29, 1.82) is 0 Å². The Labute approximate surface area is 81.3 Å². The molecule has 0 aromatic rings. The van der Waals surface area contributed by atoms with Crippen molar-refractivity contribution in [3.05, 3.63) is 0 Å². The van der Waals surface area contributed by atoms with Crippen LogP contribution in [0.25, 0.3) is 0 Å². The van der Waals surface area contributed by atoms with Crippen molar-refractivity contribution in [2.45, 2.75) is 58.2 Å². The Morgan fingerprint density at radius 1 is 1.46 bits per heavy atom. The Balaban J connectivity index is 2.06. The maximum Gasteiger partial charge on any atom is 0.0577 e. The van der Waals surface area contributed by atoms with Gasteiger partial charge >= 0.3 is 0 Å². The fourth-order valence-corrected chi connectivity index (χ4v) is 1.94. The maximum absolute atomic E-state index is 9.05. The molecule has 0 saturated heterocycles. The van der Waals surface area contributed by atoms with Crippen LogP contribution in [0, 0.1) is 5.92 Å². The van der Waals surface area contributed by atoms with Gasteiger partial charge in [0.2, 0.25) is 0 Å². The highest BCUT2D eigenvalue weighted by Crippen LogP contribution is 2.25. The summed E-state index contributed by atoms with van der Waals surface area (Å²) in [5.74, 6) is 0.824. The fraction of sp³-hybridized carbons (Fsp3) is 1.00. The lowest BCUT2D eigenvalue weighted by atomic mass is 9.89. The van der Waals surface area contributed by atoms with Gasteiger partial charge in [-0.25, -0.2) is 0 Å². The predicted octanol–water partition coefficient (Wildman–Crippen LogP) is 2.35. The van der Waals surface area contributed by atoms with E-state index in [1.54, 1.807) is 0 Å². The normalized spacial score (nSPS) is 31.6. The number of ether oxygens (including phenoxy) is 1. The first-order valence-electron chi connectivity index (χ1n) is 5.48. The van der Waals surface area contributed by atoms with E-state index in [4.69, 9.17) is 9.84 Å². The largest absolute Gasteiger partial charge is 0.393 e. The molecule has 13 heavy (non-hydrogen) atoms.